The average molecular weight is 127 g/mol. The van der Waals surface area contributed by atoms with Crippen molar-refractivity contribution in [2.45, 2.75) is 39.7 Å². The molecule has 0 unspecified atom stereocenters. The van der Waals surface area contributed by atoms with Crippen LogP contribution in [0.5, 0.6) is 0 Å². The summed E-state index contributed by atoms with van der Waals surface area (Å²) in [5, 5.41) is 0. The highest BCUT2D eigenvalue weighted by molar-refractivity contribution is 5.08. The Morgan fingerprint density at radius 2 is 1.89 bits per heavy atom. The van der Waals surface area contributed by atoms with Crippen LogP contribution in [0.25, 0.3) is 0 Å². The van der Waals surface area contributed by atoms with Gasteiger partial charge < -0.3 is 5.73 Å². The first-order valence-corrected chi connectivity index (χ1v) is 3.86. The Bertz CT molecular complexity index is 107. The van der Waals surface area contributed by atoms with E-state index in [1.807, 2.05) is 0 Å². The predicted octanol–water partition coefficient (Wildman–Crippen LogP) is 1.77. The number of hydrogen-bond acceptors (Lipinski definition) is 1. The average Bonchev–Trinajstić information content (AvgIpc) is 2.19. The second kappa shape index (κ2) is 1.98. The van der Waals surface area contributed by atoms with E-state index >= 15 is 0 Å². The van der Waals surface area contributed by atoms with E-state index in [1.165, 1.54) is 12.8 Å². The molecule has 0 spiro atoms. The lowest BCUT2D eigenvalue weighted by atomic mass is 10.1. The standard InChI is InChI=1S/C8H17N/c1-4-5-6-7(9)8(6,2)3/h6-7H,4-5,9H2,1-3H3/t6-,7-/m0/s1. The van der Waals surface area contributed by atoms with Crippen LogP contribution < -0.4 is 5.73 Å². The maximum Gasteiger partial charge on any atom is 0.0128 e. The van der Waals surface area contributed by atoms with Crippen LogP contribution in [0.3, 0.4) is 0 Å². The van der Waals surface area contributed by atoms with Gasteiger partial charge in [0.25, 0.3) is 0 Å². The Kier molecular flexibility index (Phi) is 1.55. The Morgan fingerprint density at radius 3 is 2.00 bits per heavy atom. The minimum Gasteiger partial charge on any atom is -0.327 e. The molecule has 0 bridgehead atoms. The number of nitrogens with two attached hydrogens (primary N) is 1. The monoisotopic (exact) mass is 127 g/mol. The lowest BCUT2D eigenvalue weighted by Crippen LogP contribution is -2.06. The van der Waals surface area contributed by atoms with Gasteiger partial charge in [-0.05, 0) is 17.8 Å². The van der Waals surface area contributed by atoms with Crippen LogP contribution in [-0.2, 0) is 0 Å². The molecule has 1 heteroatoms. The zero-order chi connectivity index (χ0) is 7.07. The van der Waals surface area contributed by atoms with E-state index in [-0.39, 0.29) is 0 Å². The van der Waals surface area contributed by atoms with Crippen molar-refractivity contribution in [2.75, 3.05) is 0 Å². The minimum absolute atomic E-state index is 0.454. The molecule has 0 aliphatic heterocycles. The summed E-state index contributed by atoms with van der Waals surface area (Å²) in [6.07, 6.45) is 2.59. The third-order valence-electron chi connectivity index (χ3n) is 2.74. The first kappa shape index (κ1) is 7.07. The van der Waals surface area contributed by atoms with Crippen LogP contribution in [0, 0.1) is 11.3 Å². The molecule has 0 radical (unpaired) electrons. The Balaban J connectivity index is 2.33. The Morgan fingerprint density at radius 1 is 1.44 bits per heavy atom. The highest BCUT2D eigenvalue weighted by Gasteiger charge is 2.54. The van der Waals surface area contributed by atoms with Gasteiger partial charge in [0.1, 0.15) is 0 Å². The minimum atomic E-state index is 0.454. The molecule has 0 amide bonds. The lowest BCUT2D eigenvalue weighted by molar-refractivity contribution is 0.525. The third kappa shape index (κ3) is 0.983. The molecule has 1 aliphatic carbocycles. The van der Waals surface area contributed by atoms with Gasteiger partial charge in [-0.15, -0.1) is 0 Å². The SMILES string of the molecule is CCC[C@H]1[C@H](N)C1(C)C. The highest BCUT2D eigenvalue weighted by Crippen LogP contribution is 2.52. The van der Waals surface area contributed by atoms with Gasteiger partial charge in [-0.2, -0.15) is 0 Å². The second-order valence-corrected chi connectivity index (χ2v) is 3.74. The first-order chi connectivity index (χ1) is 4.10. The van der Waals surface area contributed by atoms with Gasteiger partial charge in [-0.1, -0.05) is 27.2 Å². The zero-order valence-corrected chi connectivity index (χ0v) is 6.65. The smallest absolute Gasteiger partial charge is 0.0128 e. The summed E-state index contributed by atoms with van der Waals surface area (Å²) in [5.41, 5.74) is 6.28. The normalized spacial score (nSPS) is 38.7. The van der Waals surface area contributed by atoms with E-state index in [4.69, 9.17) is 5.73 Å². The topological polar surface area (TPSA) is 26.0 Å². The molecule has 0 aromatic carbocycles. The molecule has 54 valence electrons. The fraction of sp³-hybridized carbons (Fsp3) is 1.00. The quantitative estimate of drug-likeness (QED) is 0.601. The van der Waals surface area contributed by atoms with E-state index in [0.29, 0.717) is 11.5 Å². The van der Waals surface area contributed by atoms with E-state index in [1.54, 1.807) is 0 Å². The number of rotatable bonds is 2. The fourth-order valence-corrected chi connectivity index (χ4v) is 1.65. The van der Waals surface area contributed by atoms with E-state index in [0.717, 1.165) is 5.92 Å². The van der Waals surface area contributed by atoms with Crippen molar-refractivity contribution in [1.29, 1.82) is 0 Å². The van der Waals surface area contributed by atoms with Crippen molar-refractivity contribution in [3.05, 3.63) is 0 Å². The van der Waals surface area contributed by atoms with Crippen LogP contribution in [-0.4, -0.2) is 6.04 Å². The maximum atomic E-state index is 5.83. The first-order valence-electron chi connectivity index (χ1n) is 3.86. The molecule has 1 aliphatic rings. The lowest BCUT2D eigenvalue weighted by Gasteiger charge is -1.97. The molecule has 2 atom stereocenters. The second-order valence-electron chi connectivity index (χ2n) is 3.74. The molecule has 0 aromatic rings. The largest absolute Gasteiger partial charge is 0.327 e. The number of hydrogen-bond donors (Lipinski definition) is 1. The van der Waals surface area contributed by atoms with Gasteiger partial charge in [0, 0.05) is 6.04 Å². The van der Waals surface area contributed by atoms with Crippen LogP contribution in [0.4, 0.5) is 0 Å². The molecule has 0 heterocycles. The zero-order valence-electron chi connectivity index (χ0n) is 6.65. The predicted molar refractivity (Wildman–Crippen MR) is 40.2 cm³/mol. The molecular weight excluding hydrogens is 110 g/mol. The van der Waals surface area contributed by atoms with Crippen LogP contribution in [0.2, 0.25) is 0 Å². The molecule has 0 saturated heterocycles. The van der Waals surface area contributed by atoms with E-state index in [2.05, 4.69) is 20.8 Å². The molecule has 2 N–H and O–H groups in total. The Hall–Kier alpha value is -0.0400. The van der Waals surface area contributed by atoms with Crippen molar-refractivity contribution in [1.82, 2.24) is 0 Å². The van der Waals surface area contributed by atoms with Crippen molar-refractivity contribution in [3.8, 4) is 0 Å². The molecular formula is C8H17N. The summed E-state index contributed by atoms with van der Waals surface area (Å²) in [6.45, 7) is 6.75. The summed E-state index contributed by atoms with van der Waals surface area (Å²) >= 11 is 0. The van der Waals surface area contributed by atoms with Gasteiger partial charge in [-0.25, -0.2) is 0 Å². The van der Waals surface area contributed by atoms with E-state index in [9.17, 15) is 0 Å². The van der Waals surface area contributed by atoms with E-state index < -0.39 is 0 Å². The van der Waals surface area contributed by atoms with Gasteiger partial charge in [0.05, 0.1) is 0 Å². The summed E-state index contributed by atoms with van der Waals surface area (Å²) in [5.74, 6) is 0.808. The summed E-state index contributed by atoms with van der Waals surface area (Å²) in [4.78, 5) is 0. The van der Waals surface area contributed by atoms with Crippen LogP contribution in [0.1, 0.15) is 33.6 Å². The Labute approximate surface area is 57.6 Å². The molecule has 1 fully saturated rings. The van der Waals surface area contributed by atoms with Crippen molar-refractivity contribution < 1.29 is 0 Å². The van der Waals surface area contributed by atoms with Crippen molar-refractivity contribution >= 4 is 0 Å². The molecule has 9 heavy (non-hydrogen) atoms. The van der Waals surface area contributed by atoms with Gasteiger partial charge >= 0.3 is 0 Å². The molecule has 1 nitrogen and oxygen atoms in total. The summed E-state index contributed by atoms with van der Waals surface area (Å²) < 4.78 is 0. The van der Waals surface area contributed by atoms with Gasteiger partial charge in [0.15, 0.2) is 0 Å². The van der Waals surface area contributed by atoms with Crippen molar-refractivity contribution in [2.24, 2.45) is 17.1 Å². The van der Waals surface area contributed by atoms with Crippen LogP contribution >= 0.6 is 0 Å². The van der Waals surface area contributed by atoms with Crippen molar-refractivity contribution in [3.63, 3.8) is 0 Å². The van der Waals surface area contributed by atoms with Gasteiger partial charge in [-0.3, -0.25) is 0 Å². The molecule has 1 saturated carbocycles. The summed E-state index contributed by atoms with van der Waals surface area (Å²) in [7, 11) is 0. The van der Waals surface area contributed by atoms with Crippen LogP contribution in [0.15, 0.2) is 0 Å². The molecule has 1 rings (SSSR count). The molecule has 0 aromatic heterocycles. The maximum absolute atomic E-state index is 5.83. The fourth-order valence-electron chi connectivity index (χ4n) is 1.65. The van der Waals surface area contributed by atoms with Gasteiger partial charge in [0.2, 0.25) is 0 Å². The third-order valence-corrected chi connectivity index (χ3v) is 2.74. The summed E-state index contributed by atoms with van der Waals surface area (Å²) in [6, 6.07) is 0.484. The highest BCUT2D eigenvalue weighted by atomic mass is 14.8.